The third-order valence-electron chi connectivity index (χ3n) is 7.13. The Hall–Kier alpha value is -3.13. The Kier molecular flexibility index (Phi) is 13.3. The molecule has 2 unspecified atom stereocenters. The molecule has 43 heavy (non-hydrogen) atoms. The van der Waals surface area contributed by atoms with Crippen molar-refractivity contribution in [3.05, 3.63) is 47.5 Å². The van der Waals surface area contributed by atoms with Crippen LogP contribution in [0.5, 0.6) is 23.0 Å². The third kappa shape index (κ3) is 9.18. The van der Waals surface area contributed by atoms with Crippen molar-refractivity contribution in [3.63, 3.8) is 0 Å². The van der Waals surface area contributed by atoms with Gasteiger partial charge in [0.2, 0.25) is 5.91 Å². The second kappa shape index (κ2) is 16.6. The number of carbonyl (C=O) groups is 1. The standard InChI is InChI=1S/C31H45NO11/c1-20(10-16-28(33)32-2)9-13-23-19-40-31(41-23,42-24-14-11-21(17-26(24)34-3)29(36-5)37-6)43-25-15-12-22(18-27(25)35-4)30(38-7)39-8/h11-12,14-15,17-18,20,23,29-30H,9-10,13,16,19H2,1-8H3,(H,32,33). The molecule has 1 fully saturated rings. The van der Waals surface area contributed by atoms with E-state index in [0.29, 0.717) is 41.8 Å². The van der Waals surface area contributed by atoms with Crippen LogP contribution in [0.4, 0.5) is 0 Å². The molecule has 2 aromatic carbocycles. The highest BCUT2D eigenvalue weighted by molar-refractivity contribution is 5.75. The molecule has 0 aliphatic carbocycles. The Balaban J connectivity index is 1.88. The minimum absolute atomic E-state index is 0.0256. The summed E-state index contributed by atoms with van der Waals surface area (Å²) in [6, 6.07) is 10.5. The number of ether oxygens (including phenoxy) is 10. The van der Waals surface area contributed by atoms with E-state index in [-0.39, 0.29) is 18.6 Å². The molecular formula is C31H45NO11. The van der Waals surface area contributed by atoms with Gasteiger partial charge in [0.05, 0.1) is 26.9 Å². The minimum atomic E-state index is -1.95. The van der Waals surface area contributed by atoms with Crippen molar-refractivity contribution in [2.45, 2.75) is 57.5 Å². The fourth-order valence-electron chi connectivity index (χ4n) is 4.69. The summed E-state index contributed by atoms with van der Waals surface area (Å²) in [5.41, 5.74) is 1.45. The smallest absolute Gasteiger partial charge is 0.493 e. The summed E-state index contributed by atoms with van der Waals surface area (Å²) in [7, 11) is 10.9. The van der Waals surface area contributed by atoms with Crippen molar-refractivity contribution < 1.29 is 52.2 Å². The molecule has 1 N–H and O–H groups in total. The maximum absolute atomic E-state index is 11.7. The number of carbonyl (C=O) groups excluding carboxylic acids is 1. The summed E-state index contributed by atoms with van der Waals surface area (Å²) in [6.45, 7) is 2.33. The van der Waals surface area contributed by atoms with Gasteiger partial charge in [-0.3, -0.25) is 14.3 Å². The van der Waals surface area contributed by atoms with E-state index in [1.54, 1.807) is 71.9 Å². The van der Waals surface area contributed by atoms with Crippen LogP contribution in [-0.4, -0.2) is 74.5 Å². The summed E-state index contributed by atoms with van der Waals surface area (Å²) >= 11 is 0. The minimum Gasteiger partial charge on any atom is -0.493 e. The summed E-state index contributed by atoms with van der Waals surface area (Å²) < 4.78 is 57.8. The maximum atomic E-state index is 11.7. The van der Waals surface area contributed by atoms with Crippen molar-refractivity contribution in [2.24, 2.45) is 5.92 Å². The highest BCUT2D eigenvalue weighted by atomic mass is 17.0. The normalized spacial score (nSPS) is 16.7. The lowest BCUT2D eigenvalue weighted by atomic mass is 9.98. The summed E-state index contributed by atoms with van der Waals surface area (Å²) in [5, 5.41) is 2.66. The number of methoxy groups -OCH3 is 6. The second-order valence-corrected chi connectivity index (χ2v) is 10.1. The van der Waals surface area contributed by atoms with Crippen molar-refractivity contribution in [3.8, 4) is 23.0 Å². The van der Waals surface area contributed by atoms with Crippen molar-refractivity contribution in [1.82, 2.24) is 5.32 Å². The first kappa shape index (κ1) is 34.4. The van der Waals surface area contributed by atoms with Gasteiger partial charge in [-0.25, -0.2) is 0 Å². The molecule has 12 heteroatoms. The average molecular weight is 608 g/mol. The van der Waals surface area contributed by atoms with Crippen LogP contribution >= 0.6 is 0 Å². The Labute approximate surface area is 253 Å². The van der Waals surface area contributed by atoms with Gasteiger partial charge in [0.25, 0.3) is 0 Å². The maximum Gasteiger partial charge on any atom is 0.510 e. The van der Waals surface area contributed by atoms with Crippen LogP contribution in [0.25, 0.3) is 0 Å². The van der Waals surface area contributed by atoms with Crippen LogP contribution in [0.15, 0.2) is 36.4 Å². The van der Waals surface area contributed by atoms with Gasteiger partial charge in [0, 0.05) is 53.0 Å². The average Bonchev–Trinajstić information content (AvgIpc) is 3.43. The number of benzene rings is 2. The summed E-state index contributed by atoms with van der Waals surface area (Å²) in [6.07, 6.45) is -0.738. The SMILES string of the molecule is CNC(=O)CCC(C)CCC1COC(Oc2ccc(C(OC)OC)cc2OC)(Oc2ccc(C(OC)OC)cc2OC)O1. The van der Waals surface area contributed by atoms with Crippen LogP contribution in [0.1, 0.15) is 56.3 Å². The number of hydrogen-bond acceptors (Lipinski definition) is 11. The quantitative estimate of drug-likeness (QED) is 0.237. The van der Waals surface area contributed by atoms with E-state index in [1.807, 2.05) is 0 Å². The molecule has 1 amide bonds. The zero-order chi connectivity index (χ0) is 31.4. The predicted octanol–water partition coefficient (Wildman–Crippen LogP) is 4.71. The van der Waals surface area contributed by atoms with E-state index in [4.69, 9.17) is 47.4 Å². The number of rotatable bonds is 18. The molecule has 3 rings (SSSR count). The molecule has 0 saturated carbocycles. The summed E-state index contributed by atoms with van der Waals surface area (Å²) in [5.74, 6) is 1.74. The monoisotopic (exact) mass is 607 g/mol. The van der Waals surface area contributed by atoms with E-state index in [0.717, 1.165) is 24.0 Å². The van der Waals surface area contributed by atoms with E-state index >= 15 is 0 Å². The molecule has 1 aliphatic heterocycles. The lowest BCUT2D eigenvalue weighted by Crippen LogP contribution is -2.44. The molecule has 0 spiro atoms. The Morgan fingerprint density at radius 3 is 1.79 bits per heavy atom. The number of hydrogen-bond donors (Lipinski definition) is 1. The Morgan fingerprint density at radius 1 is 0.837 bits per heavy atom. The van der Waals surface area contributed by atoms with Gasteiger partial charge in [-0.2, -0.15) is 0 Å². The van der Waals surface area contributed by atoms with Gasteiger partial charge < -0.3 is 43.2 Å². The number of nitrogens with one attached hydrogen (secondary N) is 1. The zero-order valence-corrected chi connectivity index (χ0v) is 26.3. The number of amides is 1. The first-order valence-corrected chi connectivity index (χ1v) is 14.1. The molecule has 0 bridgehead atoms. The van der Waals surface area contributed by atoms with Crippen molar-refractivity contribution >= 4 is 5.91 Å². The lowest BCUT2D eigenvalue weighted by Gasteiger charge is -2.29. The molecule has 12 nitrogen and oxygen atoms in total. The molecule has 1 saturated heterocycles. The van der Waals surface area contributed by atoms with Gasteiger partial charge >= 0.3 is 6.16 Å². The van der Waals surface area contributed by atoms with E-state index in [2.05, 4.69) is 12.2 Å². The van der Waals surface area contributed by atoms with Gasteiger partial charge in [-0.1, -0.05) is 6.92 Å². The van der Waals surface area contributed by atoms with Crippen molar-refractivity contribution in [1.29, 1.82) is 0 Å². The molecular weight excluding hydrogens is 562 g/mol. The van der Waals surface area contributed by atoms with E-state index < -0.39 is 18.7 Å². The van der Waals surface area contributed by atoms with Gasteiger partial charge in [-0.05, 0) is 61.6 Å². The predicted molar refractivity (Wildman–Crippen MR) is 156 cm³/mol. The fraction of sp³-hybridized carbons (Fsp3) is 0.581. The van der Waals surface area contributed by atoms with Crippen LogP contribution in [0.2, 0.25) is 0 Å². The molecule has 240 valence electrons. The molecule has 2 atom stereocenters. The highest BCUT2D eigenvalue weighted by Gasteiger charge is 2.49. The first-order valence-electron chi connectivity index (χ1n) is 14.1. The molecule has 0 radical (unpaired) electrons. The van der Waals surface area contributed by atoms with Crippen LogP contribution in [0, 0.1) is 5.92 Å². The second-order valence-electron chi connectivity index (χ2n) is 10.1. The van der Waals surface area contributed by atoms with E-state index in [9.17, 15) is 4.79 Å². The van der Waals surface area contributed by atoms with E-state index in [1.165, 1.54) is 14.2 Å². The zero-order valence-electron chi connectivity index (χ0n) is 26.3. The van der Waals surface area contributed by atoms with Gasteiger partial charge in [0.1, 0.15) is 0 Å². The van der Waals surface area contributed by atoms with Crippen LogP contribution in [0.3, 0.4) is 0 Å². The highest BCUT2D eigenvalue weighted by Crippen LogP contribution is 2.41. The third-order valence-corrected chi connectivity index (χ3v) is 7.13. The van der Waals surface area contributed by atoms with Crippen LogP contribution in [-0.2, 0) is 33.2 Å². The fourth-order valence-corrected chi connectivity index (χ4v) is 4.69. The Bertz CT molecular complexity index is 1090. The molecule has 1 aliphatic rings. The van der Waals surface area contributed by atoms with Crippen LogP contribution < -0.4 is 24.3 Å². The largest absolute Gasteiger partial charge is 0.510 e. The first-order chi connectivity index (χ1) is 20.7. The molecule has 2 aromatic rings. The van der Waals surface area contributed by atoms with Crippen molar-refractivity contribution in [2.75, 3.05) is 56.3 Å². The topological polar surface area (TPSA) is 121 Å². The van der Waals surface area contributed by atoms with Gasteiger partial charge in [-0.15, -0.1) is 0 Å². The molecule has 0 aromatic heterocycles. The molecule has 1 heterocycles. The lowest BCUT2D eigenvalue weighted by molar-refractivity contribution is -0.401. The summed E-state index contributed by atoms with van der Waals surface area (Å²) in [4.78, 5) is 11.7. The Morgan fingerprint density at radius 2 is 1.35 bits per heavy atom. The van der Waals surface area contributed by atoms with Gasteiger partial charge in [0.15, 0.2) is 35.6 Å².